The zero-order chi connectivity index (χ0) is 26.1. The minimum atomic E-state index is -0.118. The second-order valence-electron chi connectivity index (χ2n) is 9.97. The topological polar surface area (TPSA) is 42.2 Å². The predicted molar refractivity (Wildman–Crippen MR) is 156 cm³/mol. The molecule has 0 aliphatic heterocycles. The number of nitrogens with one attached hydrogen (secondary N) is 1. The summed E-state index contributed by atoms with van der Waals surface area (Å²) in [5.41, 5.74) is 2.57. The van der Waals surface area contributed by atoms with Crippen LogP contribution in [-0.4, -0.2) is 12.5 Å². The van der Waals surface area contributed by atoms with E-state index in [1.807, 2.05) is 42.5 Å². The lowest BCUT2D eigenvalue weighted by molar-refractivity contribution is -0.689. The van der Waals surface area contributed by atoms with E-state index in [9.17, 15) is 4.79 Å². The molecule has 0 saturated heterocycles. The molecule has 3 aromatic rings. The van der Waals surface area contributed by atoms with Crippen molar-refractivity contribution in [2.24, 2.45) is 0 Å². The fourth-order valence-electron chi connectivity index (χ4n) is 4.55. The van der Waals surface area contributed by atoms with Crippen molar-refractivity contribution in [1.29, 1.82) is 0 Å². The van der Waals surface area contributed by atoms with Crippen molar-refractivity contribution in [3.05, 3.63) is 76.2 Å². The van der Waals surface area contributed by atoms with Crippen LogP contribution in [0.2, 0.25) is 0 Å². The normalized spacial score (nSPS) is 11.0. The van der Waals surface area contributed by atoms with E-state index < -0.39 is 0 Å². The molecule has 200 valence electrons. The molecule has 0 fully saturated rings. The van der Waals surface area contributed by atoms with Crippen LogP contribution < -0.4 is 14.6 Å². The summed E-state index contributed by atoms with van der Waals surface area (Å²) in [5.74, 6) is 0.640. The van der Waals surface area contributed by atoms with Crippen molar-refractivity contribution in [3.63, 3.8) is 0 Å². The van der Waals surface area contributed by atoms with Gasteiger partial charge in [-0.05, 0) is 36.8 Å². The van der Waals surface area contributed by atoms with E-state index in [4.69, 9.17) is 4.74 Å². The molecule has 1 aromatic heterocycles. The standard InChI is InChI=1S/C32H44N2O2S/c1-3-4-5-6-7-8-9-10-11-12-13-14-22-36-31-20-16-18-29(25-31)32(35)33-30-19-15-17-28(24-30)26-34-21-23-37-27(34)2/h15-21,23-25H,3-14,22,26H2,1-2H3/p+1. The Bertz CT molecular complexity index is 1060. The number of anilines is 1. The number of benzene rings is 2. The van der Waals surface area contributed by atoms with Crippen molar-refractivity contribution in [1.82, 2.24) is 0 Å². The van der Waals surface area contributed by atoms with E-state index in [2.05, 4.69) is 41.4 Å². The molecule has 0 radical (unpaired) electrons. The lowest BCUT2D eigenvalue weighted by Crippen LogP contribution is -2.34. The van der Waals surface area contributed by atoms with Gasteiger partial charge in [-0.1, -0.05) is 107 Å². The molecule has 5 heteroatoms. The highest BCUT2D eigenvalue weighted by atomic mass is 32.1. The lowest BCUT2D eigenvalue weighted by atomic mass is 10.1. The minimum absolute atomic E-state index is 0.118. The number of thiazole rings is 1. The van der Waals surface area contributed by atoms with Crippen molar-refractivity contribution >= 4 is 22.9 Å². The zero-order valence-corrected chi connectivity index (χ0v) is 23.7. The van der Waals surface area contributed by atoms with E-state index in [1.165, 1.54) is 75.6 Å². The highest BCUT2D eigenvalue weighted by Gasteiger charge is 2.11. The molecular formula is C32H45N2O2S+. The monoisotopic (exact) mass is 521 g/mol. The lowest BCUT2D eigenvalue weighted by Gasteiger charge is -2.09. The first kappa shape index (κ1) is 28.9. The van der Waals surface area contributed by atoms with Gasteiger partial charge in [-0.15, -0.1) is 0 Å². The van der Waals surface area contributed by atoms with Gasteiger partial charge in [0.25, 0.3) is 5.91 Å². The van der Waals surface area contributed by atoms with Gasteiger partial charge in [-0.3, -0.25) is 4.79 Å². The summed E-state index contributed by atoms with van der Waals surface area (Å²) in [7, 11) is 0. The molecule has 0 saturated carbocycles. The Balaban J connectivity index is 1.32. The van der Waals surface area contributed by atoms with Crippen LogP contribution in [0, 0.1) is 6.92 Å². The summed E-state index contributed by atoms with van der Waals surface area (Å²) in [6.07, 6.45) is 18.1. The fraction of sp³-hybridized carbons (Fsp3) is 0.500. The van der Waals surface area contributed by atoms with E-state index >= 15 is 0 Å². The molecule has 0 atom stereocenters. The number of aryl methyl sites for hydroxylation is 1. The number of carbonyl (C=O) groups is 1. The van der Waals surface area contributed by atoms with Crippen LogP contribution in [-0.2, 0) is 6.54 Å². The predicted octanol–water partition coefficient (Wildman–Crippen LogP) is 8.72. The maximum Gasteiger partial charge on any atom is 0.255 e. The van der Waals surface area contributed by atoms with Crippen LogP contribution in [0.15, 0.2) is 60.1 Å². The smallest absolute Gasteiger partial charge is 0.255 e. The molecule has 0 aliphatic carbocycles. The van der Waals surface area contributed by atoms with E-state index in [1.54, 1.807) is 11.3 Å². The molecule has 0 aliphatic rings. The Labute approximate surface area is 228 Å². The molecule has 1 N–H and O–H groups in total. The third-order valence-corrected chi connectivity index (χ3v) is 7.62. The summed E-state index contributed by atoms with van der Waals surface area (Å²) >= 11 is 1.73. The number of hydrogen-bond donors (Lipinski definition) is 1. The maximum absolute atomic E-state index is 12.9. The van der Waals surface area contributed by atoms with Gasteiger partial charge in [0, 0.05) is 23.7 Å². The Morgan fingerprint density at radius 1 is 0.865 bits per heavy atom. The average Bonchev–Trinajstić information content (AvgIpc) is 3.31. The quantitative estimate of drug-likeness (QED) is 0.134. The third-order valence-electron chi connectivity index (χ3n) is 6.78. The Hall–Kier alpha value is -2.66. The Kier molecular flexibility index (Phi) is 13.3. The SMILES string of the molecule is CCCCCCCCCCCCCCOc1cccc(C(=O)Nc2cccc(C[n+]3ccsc3C)c2)c1. The molecule has 0 unspecified atom stereocenters. The van der Waals surface area contributed by atoms with E-state index in [0.717, 1.165) is 30.0 Å². The number of carbonyl (C=O) groups excluding carboxylic acids is 1. The average molecular weight is 522 g/mol. The van der Waals surface area contributed by atoms with E-state index in [0.29, 0.717) is 12.2 Å². The number of amides is 1. The second-order valence-corrected chi connectivity index (χ2v) is 11.1. The van der Waals surface area contributed by atoms with Crippen LogP contribution in [0.1, 0.15) is 105 Å². The van der Waals surface area contributed by atoms with Crippen molar-refractivity contribution in [2.75, 3.05) is 11.9 Å². The maximum atomic E-state index is 12.9. The van der Waals surface area contributed by atoms with Crippen LogP contribution in [0.3, 0.4) is 0 Å². The van der Waals surface area contributed by atoms with E-state index in [-0.39, 0.29) is 5.91 Å². The number of nitrogens with zero attached hydrogens (tertiary/aromatic N) is 1. The summed E-state index contributed by atoms with van der Waals surface area (Å²) in [4.78, 5) is 12.9. The summed E-state index contributed by atoms with van der Waals surface area (Å²) in [5, 5.41) is 6.39. The van der Waals surface area contributed by atoms with Crippen molar-refractivity contribution in [3.8, 4) is 5.75 Å². The highest BCUT2D eigenvalue weighted by molar-refractivity contribution is 7.09. The van der Waals surface area contributed by atoms with Gasteiger partial charge in [-0.2, -0.15) is 4.57 Å². The molecule has 1 heterocycles. The molecule has 37 heavy (non-hydrogen) atoms. The van der Waals surface area contributed by atoms with Gasteiger partial charge in [0.05, 0.1) is 12.0 Å². The molecule has 1 amide bonds. The highest BCUT2D eigenvalue weighted by Crippen LogP contribution is 2.18. The van der Waals surface area contributed by atoms with Gasteiger partial charge in [0.2, 0.25) is 5.01 Å². The van der Waals surface area contributed by atoms with Crippen LogP contribution >= 0.6 is 11.3 Å². The van der Waals surface area contributed by atoms with Crippen LogP contribution in [0.4, 0.5) is 5.69 Å². The summed E-state index contributed by atoms with van der Waals surface area (Å²) in [6.45, 7) is 5.88. The molecular weight excluding hydrogens is 476 g/mol. The zero-order valence-electron chi connectivity index (χ0n) is 22.8. The van der Waals surface area contributed by atoms with Gasteiger partial charge in [-0.25, -0.2) is 0 Å². The summed E-state index contributed by atoms with van der Waals surface area (Å²) in [6, 6.07) is 15.5. The number of aromatic nitrogens is 1. The second kappa shape index (κ2) is 17.0. The van der Waals surface area contributed by atoms with Crippen molar-refractivity contribution < 1.29 is 14.1 Å². The molecule has 0 bridgehead atoms. The van der Waals surface area contributed by atoms with Gasteiger partial charge >= 0.3 is 0 Å². The van der Waals surface area contributed by atoms with Gasteiger partial charge in [0.15, 0.2) is 12.7 Å². The van der Waals surface area contributed by atoms with Gasteiger partial charge in [0.1, 0.15) is 5.75 Å². The first-order chi connectivity index (χ1) is 18.2. The minimum Gasteiger partial charge on any atom is -0.494 e. The van der Waals surface area contributed by atoms with Crippen LogP contribution in [0.5, 0.6) is 5.75 Å². The van der Waals surface area contributed by atoms with Crippen LogP contribution in [0.25, 0.3) is 0 Å². The Morgan fingerprint density at radius 2 is 1.54 bits per heavy atom. The molecule has 4 nitrogen and oxygen atoms in total. The third kappa shape index (κ3) is 11.1. The fourth-order valence-corrected chi connectivity index (χ4v) is 5.21. The molecule has 2 aromatic carbocycles. The molecule has 3 rings (SSSR count). The van der Waals surface area contributed by atoms with Crippen molar-refractivity contribution in [2.45, 2.75) is 97.4 Å². The Morgan fingerprint density at radius 3 is 2.22 bits per heavy atom. The summed E-state index contributed by atoms with van der Waals surface area (Å²) < 4.78 is 8.16. The van der Waals surface area contributed by atoms with Gasteiger partial charge < -0.3 is 10.1 Å². The first-order valence-corrected chi connectivity index (χ1v) is 15.1. The number of hydrogen-bond acceptors (Lipinski definition) is 3. The number of rotatable bonds is 18. The number of ether oxygens (including phenoxy) is 1. The number of unbranched alkanes of at least 4 members (excludes halogenated alkanes) is 11. The molecule has 0 spiro atoms. The first-order valence-electron chi connectivity index (χ1n) is 14.2. The largest absolute Gasteiger partial charge is 0.494 e.